The van der Waals surface area contributed by atoms with E-state index in [0.717, 1.165) is 22.4 Å². The predicted molar refractivity (Wildman–Crippen MR) is 95.7 cm³/mol. The lowest BCUT2D eigenvalue weighted by Crippen LogP contribution is -1.99. The predicted octanol–water partition coefficient (Wildman–Crippen LogP) is 4.36. The van der Waals surface area contributed by atoms with E-state index in [-0.39, 0.29) is 0 Å². The molecule has 2 aromatic heterocycles. The van der Waals surface area contributed by atoms with Crippen LogP contribution in [0.4, 0.5) is 0 Å². The highest BCUT2D eigenvalue weighted by Gasteiger charge is 2.06. The molecule has 0 N–H and O–H groups in total. The first kappa shape index (κ1) is 13.1. The molecule has 5 aromatic rings. The zero-order valence-corrected chi connectivity index (χ0v) is 12.9. The fraction of sp³-hybridized carbons (Fsp3) is 0. The Kier molecular flexibility index (Phi) is 2.76. The number of benzene rings is 3. The smallest absolute Gasteiger partial charge is 0.113 e. The number of aromatic nitrogens is 4. The van der Waals surface area contributed by atoms with Crippen LogP contribution in [0.1, 0.15) is 0 Å². The van der Waals surface area contributed by atoms with Gasteiger partial charge in [-0.05, 0) is 53.9 Å². The van der Waals surface area contributed by atoms with Crippen molar-refractivity contribution in [3.05, 3.63) is 85.1 Å². The summed E-state index contributed by atoms with van der Waals surface area (Å²) in [6, 6.07) is 26.7. The number of hydrogen-bond acceptors (Lipinski definition) is 2. The van der Waals surface area contributed by atoms with Crippen molar-refractivity contribution in [3.8, 4) is 11.4 Å². The molecule has 2 heterocycles. The first-order valence-electron chi connectivity index (χ1n) is 7.87. The quantitative estimate of drug-likeness (QED) is 0.485. The van der Waals surface area contributed by atoms with Crippen LogP contribution in [-0.2, 0) is 0 Å². The summed E-state index contributed by atoms with van der Waals surface area (Å²) < 4.78 is 2.19. The lowest BCUT2D eigenvalue weighted by molar-refractivity contribution is 0.765. The summed E-state index contributed by atoms with van der Waals surface area (Å²) in [5, 5.41) is 10.3. The van der Waals surface area contributed by atoms with Crippen LogP contribution < -0.4 is 0 Å². The first-order valence-corrected chi connectivity index (χ1v) is 7.87. The maximum absolute atomic E-state index is 4.52. The first-order chi connectivity index (χ1) is 11.9. The van der Waals surface area contributed by atoms with Gasteiger partial charge in [0.25, 0.3) is 0 Å². The van der Waals surface area contributed by atoms with Gasteiger partial charge < -0.3 is 4.57 Å². The van der Waals surface area contributed by atoms with Gasteiger partial charge in [-0.25, -0.2) is 0 Å². The summed E-state index contributed by atoms with van der Waals surface area (Å²) in [5.74, 6) is 0. The summed E-state index contributed by atoms with van der Waals surface area (Å²) in [4.78, 5) is 1.68. The van der Waals surface area contributed by atoms with Crippen LogP contribution in [0.25, 0.3) is 33.3 Å². The Morgan fingerprint density at radius 3 is 1.96 bits per heavy atom. The summed E-state index contributed by atoms with van der Waals surface area (Å²) in [6.45, 7) is 0. The van der Waals surface area contributed by atoms with Crippen LogP contribution in [0.2, 0.25) is 0 Å². The molecule has 0 saturated heterocycles. The minimum atomic E-state index is 0.901. The van der Waals surface area contributed by atoms with Crippen LogP contribution in [0.15, 0.2) is 85.1 Å². The molecule has 0 spiro atoms. The van der Waals surface area contributed by atoms with Crippen molar-refractivity contribution in [1.82, 2.24) is 19.6 Å². The van der Waals surface area contributed by atoms with Crippen LogP contribution in [0.5, 0.6) is 0 Å². The van der Waals surface area contributed by atoms with Gasteiger partial charge in [-0.3, -0.25) is 0 Å². The average molecular weight is 310 g/mol. The Balaban J connectivity index is 1.57. The molecule has 0 aliphatic rings. The summed E-state index contributed by atoms with van der Waals surface area (Å²) in [5.41, 5.74) is 5.08. The van der Waals surface area contributed by atoms with Crippen LogP contribution in [0.3, 0.4) is 0 Å². The van der Waals surface area contributed by atoms with Crippen LogP contribution in [-0.4, -0.2) is 19.6 Å². The molecule has 24 heavy (non-hydrogen) atoms. The molecule has 0 unspecified atom stereocenters. The molecule has 3 aromatic carbocycles. The van der Waals surface area contributed by atoms with Crippen LogP contribution >= 0.6 is 0 Å². The fourth-order valence-electron chi connectivity index (χ4n) is 3.03. The van der Waals surface area contributed by atoms with E-state index in [1.807, 2.05) is 36.4 Å². The van der Waals surface area contributed by atoms with Gasteiger partial charge in [0.1, 0.15) is 11.0 Å². The van der Waals surface area contributed by atoms with Crippen molar-refractivity contribution in [2.75, 3.05) is 0 Å². The molecule has 0 atom stereocenters. The second-order valence-electron chi connectivity index (χ2n) is 5.74. The van der Waals surface area contributed by atoms with E-state index in [0.29, 0.717) is 0 Å². The number of hydrogen-bond donors (Lipinski definition) is 0. The topological polar surface area (TPSA) is 35.6 Å². The largest absolute Gasteiger partial charge is 0.317 e. The maximum atomic E-state index is 4.52. The van der Waals surface area contributed by atoms with E-state index in [1.54, 1.807) is 4.80 Å². The molecule has 0 saturated carbocycles. The lowest BCUT2D eigenvalue weighted by Gasteiger charge is -2.06. The van der Waals surface area contributed by atoms with Gasteiger partial charge in [-0.15, -0.1) is 10.2 Å². The van der Waals surface area contributed by atoms with E-state index in [4.69, 9.17) is 0 Å². The van der Waals surface area contributed by atoms with Gasteiger partial charge in [0.05, 0.1) is 11.2 Å². The van der Waals surface area contributed by atoms with Crippen molar-refractivity contribution < 1.29 is 0 Å². The monoisotopic (exact) mass is 310 g/mol. The normalized spacial score (nSPS) is 11.3. The van der Waals surface area contributed by atoms with Crippen molar-refractivity contribution >= 4 is 21.9 Å². The molecule has 114 valence electrons. The standard InChI is InChI=1S/C20H14N4/c1-4-8-20-15(5-1)13-14-23(20)16-9-11-17(12-10-16)24-21-18-6-2-3-7-19(18)22-24/h1-14H. The summed E-state index contributed by atoms with van der Waals surface area (Å²) in [7, 11) is 0. The van der Waals surface area contributed by atoms with Crippen molar-refractivity contribution in [1.29, 1.82) is 0 Å². The average Bonchev–Trinajstić information content (AvgIpc) is 3.26. The van der Waals surface area contributed by atoms with E-state index < -0.39 is 0 Å². The van der Waals surface area contributed by atoms with E-state index >= 15 is 0 Å². The molecule has 4 heteroatoms. The number of para-hydroxylation sites is 1. The minimum absolute atomic E-state index is 0.901. The van der Waals surface area contributed by atoms with E-state index in [9.17, 15) is 0 Å². The zero-order chi connectivity index (χ0) is 15.9. The van der Waals surface area contributed by atoms with E-state index in [2.05, 4.69) is 63.4 Å². The minimum Gasteiger partial charge on any atom is -0.317 e. The third-order valence-electron chi connectivity index (χ3n) is 4.24. The van der Waals surface area contributed by atoms with Crippen molar-refractivity contribution in [2.24, 2.45) is 0 Å². The van der Waals surface area contributed by atoms with Crippen molar-refractivity contribution in [3.63, 3.8) is 0 Å². The molecular weight excluding hydrogens is 296 g/mol. The highest BCUT2D eigenvalue weighted by Crippen LogP contribution is 2.21. The van der Waals surface area contributed by atoms with Gasteiger partial charge in [0, 0.05) is 11.9 Å². The molecule has 0 aliphatic heterocycles. The van der Waals surface area contributed by atoms with Gasteiger partial charge in [0.15, 0.2) is 0 Å². The zero-order valence-electron chi connectivity index (χ0n) is 12.9. The number of fused-ring (bicyclic) bond motifs is 2. The number of rotatable bonds is 2. The van der Waals surface area contributed by atoms with Crippen molar-refractivity contribution in [2.45, 2.75) is 0 Å². The molecular formula is C20H14N4. The fourth-order valence-corrected chi connectivity index (χ4v) is 3.03. The Morgan fingerprint density at radius 1 is 0.583 bits per heavy atom. The maximum Gasteiger partial charge on any atom is 0.113 e. The van der Waals surface area contributed by atoms with Crippen LogP contribution in [0, 0.1) is 0 Å². The highest BCUT2D eigenvalue weighted by atomic mass is 15.5. The second kappa shape index (κ2) is 5.06. The molecule has 0 bridgehead atoms. The number of nitrogens with zero attached hydrogens (tertiary/aromatic N) is 4. The molecule has 0 aliphatic carbocycles. The molecule has 0 fully saturated rings. The molecule has 5 rings (SSSR count). The van der Waals surface area contributed by atoms with Gasteiger partial charge in [0.2, 0.25) is 0 Å². The third-order valence-corrected chi connectivity index (χ3v) is 4.24. The third kappa shape index (κ3) is 2.01. The Morgan fingerprint density at radius 2 is 1.21 bits per heavy atom. The second-order valence-corrected chi connectivity index (χ2v) is 5.74. The lowest BCUT2D eigenvalue weighted by atomic mass is 10.2. The highest BCUT2D eigenvalue weighted by molar-refractivity contribution is 5.81. The SMILES string of the molecule is c1ccc2c(c1)ccn2-c1ccc(-n2nc3ccccc3n2)cc1. The Hall–Kier alpha value is -3.40. The van der Waals surface area contributed by atoms with Gasteiger partial charge >= 0.3 is 0 Å². The van der Waals surface area contributed by atoms with Gasteiger partial charge in [-0.2, -0.15) is 4.80 Å². The summed E-state index contributed by atoms with van der Waals surface area (Å²) in [6.07, 6.45) is 2.10. The molecule has 4 nitrogen and oxygen atoms in total. The molecule has 0 radical (unpaired) electrons. The van der Waals surface area contributed by atoms with E-state index in [1.165, 1.54) is 10.9 Å². The molecule has 0 amide bonds. The summed E-state index contributed by atoms with van der Waals surface area (Å²) >= 11 is 0. The Bertz CT molecular complexity index is 1120. The Labute approximate surface area is 138 Å². The van der Waals surface area contributed by atoms with Gasteiger partial charge in [-0.1, -0.05) is 30.3 Å².